The topological polar surface area (TPSA) is 75.6 Å². The Bertz CT molecular complexity index is 321. The first-order chi connectivity index (χ1) is 8.15. The maximum Gasteiger partial charge on any atom is 0.332 e. The van der Waals surface area contributed by atoms with Crippen molar-refractivity contribution < 1.29 is 19.4 Å². The standard InChI is InChI=1S/C12H17NO4/c1-2-3-4-5-8-13-11(14)9-6-7-10(17-9)12(15)16/h1,9-10H,3-8H2,(H,13,14)(H,15,16)/t9-,10+/m0/s1. The monoisotopic (exact) mass is 239 g/mol. The van der Waals surface area contributed by atoms with Gasteiger partial charge < -0.3 is 15.2 Å². The Balaban J connectivity index is 2.17. The van der Waals surface area contributed by atoms with Crippen molar-refractivity contribution in [1.29, 1.82) is 0 Å². The Morgan fingerprint density at radius 2 is 2.06 bits per heavy atom. The minimum atomic E-state index is -1.01. The summed E-state index contributed by atoms with van der Waals surface area (Å²) in [6.07, 6.45) is 6.90. The van der Waals surface area contributed by atoms with Crippen LogP contribution in [0, 0.1) is 12.3 Å². The van der Waals surface area contributed by atoms with Crippen molar-refractivity contribution in [3.63, 3.8) is 0 Å². The minimum absolute atomic E-state index is 0.227. The van der Waals surface area contributed by atoms with E-state index in [-0.39, 0.29) is 5.91 Å². The summed E-state index contributed by atoms with van der Waals surface area (Å²) in [5, 5.41) is 11.4. The average molecular weight is 239 g/mol. The predicted molar refractivity (Wildman–Crippen MR) is 61.2 cm³/mol. The van der Waals surface area contributed by atoms with Crippen molar-refractivity contribution in [1.82, 2.24) is 5.32 Å². The molecular weight excluding hydrogens is 222 g/mol. The van der Waals surface area contributed by atoms with Crippen LogP contribution in [0.3, 0.4) is 0 Å². The molecule has 1 fully saturated rings. The number of unbranched alkanes of at least 4 members (excludes halogenated alkanes) is 2. The third-order valence-electron chi connectivity index (χ3n) is 2.63. The maximum absolute atomic E-state index is 11.6. The van der Waals surface area contributed by atoms with Crippen LogP contribution in [0.5, 0.6) is 0 Å². The van der Waals surface area contributed by atoms with Crippen molar-refractivity contribution >= 4 is 11.9 Å². The summed E-state index contributed by atoms with van der Waals surface area (Å²) >= 11 is 0. The fourth-order valence-electron chi connectivity index (χ4n) is 1.69. The molecule has 2 atom stereocenters. The molecule has 1 rings (SSSR count). The van der Waals surface area contributed by atoms with E-state index in [2.05, 4.69) is 11.2 Å². The van der Waals surface area contributed by atoms with Gasteiger partial charge in [-0.15, -0.1) is 12.3 Å². The van der Waals surface area contributed by atoms with Crippen LogP contribution in [0.2, 0.25) is 0 Å². The van der Waals surface area contributed by atoms with Crippen molar-refractivity contribution in [2.75, 3.05) is 6.54 Å². The number of amides is 1. The normalized spacial score (nSPS) is 23.0. The molecule has 94 valence electrons. The summed E-state index contributed by atoms with van der Waals surface area (Å²) in [5.74, 6) is 1.29. The van der Waals surface area contributed by atoms with Crippen LogP contribution in [0.4, 0.5) is 0 Å². The number of rotatable bonds is 6. The molecule has 1 heterocycles. The van der Waals surface area contributed by atoms with Gasteiger partial charge in [-0.3, -0.25) is 4.79 Å². The third-order valence-corrected chi connectivity index (χ3v) is 2.63. The van der Waals surface area contributed by atoms with Gasteiger partial charge in [0.2, 0.25) is 5.91 Å². The molecule has 0 aromatic heterocycles. The Labute approximate surface area is 101 Å². The molecule has 1 amide bonds. The van der Waals surface area contributed by atoms with E-state index < -0.39 is 18.2 Å². The zero-order valence-corrected chi connectivity index (χ0v) is 9.65. The van der Waals surface area contributed by atoms with E-state index in [1.807, 2.05) is 0 Å². The van der Waals surface area contributed by atoms with E-state index >= 15 is 0 Å². The first-order valence-corrected chi connectivity index (χ1v) is 5.74. The second-order valence-corrected chi connectivity index (χ2v) is 3.98. The molecule has 0 spiro atoms. The fourth-order valence-corrected chi connectivity index (χ4v) is 1.69. The lowest BCUT2D eigenvalue weighted by Gasteiger charge is -2.11. The van der Waals surface area contributed by atoms with Crippen molar-refractivity contribution in [2.45, 2.75) is 44.3 Å². The van der Waals surface area contributed by atoms with E-state index in [0.717, 1.165) is 12.8 Å². The largest absolute Gasteiger partial charge is 0.479 e. The molecule has 1 aliphatic rings. The summed E-state index contributed by atoms with van der Waals surface area (Å²) in [6, 6.07) is 0. The molecule has 5 heteroatoms. The number of carbonyl (C=O) groups is 2. The van der Waals surface area contributed by atoms with Gasteiger partial charge in [-0.05, 0) is 25.7 Å². The highest BCUT2D eigenvalue weighted by atomic mass is 16.5. The van der Waals surface area contributed by atoms with Crippen LogP contribution in [0.15, 0.2) is 0 Å². The van der Waals surface area contributed by atoms with Crippen molar-refractivity contribution in [3.8, 4) is 12.3 Å². The number of ether oxygens (including phenoxy) is 1. The summed E-state index contributed by atoms with van der Waals surface area (Å²) in [5.41, 5.74) is 0. The van der Waals surface area contributed by atoms with Gasteiger partial charge in [0.15, 0.2) is 6.10 Å². The van der Waals surface area contributed by atoms with Gasteiger partial charge >= 0.3 is 5.97 Å². The van der Waals surface area contributed by atoms with E-state index in [4.69, 9.17) is 16.3 Å². The van der Waals surface area contributed by atoms with Crippen LogP contribution >= 0.6 is 0 Å². The number of carbonyl (C=O) groups excluding carboxylic acids is 1. The Morgan fingerprint density at radius 1 is 1.35 bits per heavy atom. The second-order valence-electron chi connectivity index (χ2n) is 3.98. The molecular formula is C12H17NO4. The van der Waals surface area contributed by atoms with E-state index in [0.29, 0.717) is 25.8 Å². The lowest BCUT2D eigenvalue weighted by Crippen LogP contribution is -2.36. The highest BCUT2D eigenvalue weighted by molar-refractivity contribution is 5.82. The van der Waals surface area contributed by atoms with Gasteiger partial charge in [-0.2, -0.15) is 0 Å². The van der Waals surface area contributed by atoms with E-state index in [1.54, 1.807) is 0 Å². The molecule has 0 bridgehead atoms. The van der Waals surface area contributed by atoms with Crippen molar-refractivity contribution in [2.24, 2.45) is 0 Å². The Kier molecular flexibility index (Phi) is 5.50. The number of carboxylic acids is 1. The summed E-state index contributed by atoms with van der Waals surface area (Å²) in [6.45, 7) is 0.554. The van der Waals surface area contributed by atoms with Gasteiger partial charge in [0, 0.05) is 13.0 Å². The zero-order chi connectivity index (χ0) is 12.7. The number of terminal acetylenes is 1. The first kappa shape index (κ1) is 13.5. The minimum Gasteiger partial charge on any atom is -0.479 e. The Morgan fingerprint density at radius 3 is 2.65 bits per heavy atom. The summed E-state index contributed by atoms with van der Waals surface area (Å²) in [4.78, 5) is 22.2. The van der Waals surface area contributed by atoms with E-state index in [9.17, 15) is 9.59 Å². The lowest BCUT2D eigenvalue weighted by atomic mass is 10.2. The van der Waals surface area contributed by atoms with E-state index in [1.165, 1.54) is 0 Å². The first-order valence-electron chi connectivity index (χ1n) is 5.74. The fraction of sp³-hybridized carbons (Fsp3) is 0.667. The highest BCUT2D eigenvalue weighted by Gasteiger charge is 2.34. The zero-order valence-electron chi connectivity index (χ0n) is 9.65. The van der Waals surface area contributed by atoms with Crippen LogP contribution < -0.4 is 5.32 Å². The van der Waals surface area contributed by atoms with Gasteiger partial charge in [0.1, 0.15) is 6.10 Å². The maximum atomic E-state index is 11.6. The van der Waals surface area contributed by atoms with Crippen LogP contribution in [0.25, 0.3) is 0 Å². The molecule has 0 unspecified atom stereocenters. The smallest absolute Gasteiger partial charge is 0.332 e. The molecule has 0 aromatic rings. The number of aliphatic carboxylic acids is 1. The summed E-state index contributed by atoms with van der Waals surface area (Å²) < 4.78 is 5.12. The van der Waals surface area contributed by atoms with Crippen molar-refractivity contribution in [3.05, 3.63) is 0 Å². The molecule has 1 saturated heterocycles. The lowest BCUT2D eigenvalue weighted by molar-refractivity contribution is -0.151. The quantitative estimate of drug-likeness (QED) is 0.524. The third kappa shape index (κ3) is 4.45. The molecule has 0 radical (unpaired) electrons. The van der Waals surface area contributed by atoms with Gasteiger partial charge in [0.05, 0.1) is 0 Å². The van der Waals surface area contributed by atoms with Gasteiger partial charge in [-0.25, -0.2) is 4.79 Å². The summed E-state index contributed by atoms with van der Waals surface area (Å²) in [7, 11) is 0. The number of hydrogen-bond donors (Lipinski definition) is 2. The highest BCUT2D eigenvalue weighted by Crippen LogP contribution is 2.19. The average Bonchev–Trinajstić information content (AvgIpc) is 2.78. The molecule has 5 nitrogen and oxygen atoms in total. The number of hydrogen-bond acceptors (Lipinski definition) is 3. The van der Waals surface area contributed by atoms with Crippen LogP contribution in [0.1, 0.15) is 32.1 Å². The predicted octanol–water partition coefficient (Wildman–Crippen LogP) is 0.538. The molecule has 0 aliphatic carbocycles. The van der Waals surface area contributed by atoms with Gasteiger partial charge in [-0.1, -0.05) is 0 Å². The van der Waals surface area contributed by atoms with Gasteiger partial charge in [0.25, 0.3) is 0 Å². The molecule has 1 aliphatic heterocycles. The number of carboxylic acid groups (broad SMARTS) is 1. The molecule has 0 aromatic carbocycles. The SMILES string of the molecule is C#CCCCCNC(=O)[C@@H]1CC[C@H](C(=O)O)O1. The molecule has 2 N–H and O–H groups in total. The van der Waals surface area contributed by atoms with Crippen LogP contribution in [-0.4, -0.2) is 35.7 Å². The Hall–Kier alpha value is -1.54. The van der Waals surface area contributed by atoms with Crippen LogP contribution in [-0.2, 0) is 14.3 Å². The molecule has 17 heavy (non-hydrogen) atoms. The molecule has 0 saturated carbocycles. The second kappa shape index (κ2) is 6.92. The number of nitrogens with one attached hydrogen (secondary N) is 1.